The standard InChI is InChI=1S/C14H13ClN2OS/c1-2-3-4-7-17-14(18)13-12(16)10-6-5-9(15)8-11(10)19-13/h5-6,8H,4,7,16H2,1H3,(H,17,18). The van der Waals surface area contributed by atoms with E-state index in [1.165, 1.54) is 11.3 Å². The van der Waals surface area contributed by atoms with Gasteiger partial charge in [-0.15, -0.1) is 23.2 Å². The Balaban J connectivity index is 2.21. The van der Waals surface area contributed by atoms with Crippen LogP contribution in [0.5, 0.6) is 0 Å². The smallest absolute Gasteiger partial charge is 0.263 e. The van der Waals surface area contributed by atoms with Gasteiger partial charge >= 0.3 is 0 Å². The van der Waals surface area contributed by atoms with Crippen molar-refractivity contribution in [2.45, 2.75) is 13.3 Å². The van der Waals surface area contributed by atoms with Gasteiger partial charge in [-0.3, -0.25) is 4.79 Å². The molecule has 0 saturated heterocycles. The highest BCUT2D eigenvalue weighted by Gasteiger charge is 2.15. The summed E-state index contributed by atoms with van der Waals surface area (Å²) in [5, 5.41) is 4.31. The third-order valence-electron chi connectivity index (χ3n) is 2.61. The molecule has 3 nitrogen and oxygen atoms in total. The molecule has 2 rings (SSSR count). The lowest BCUT2D eigenvalue weighted by molar-refractivity contribution is 0.0959. The summed E-state index contributed by atoms with van der Waals surface area (Å²) in [6, 6.07) is 5.42. The Morgan fingerprint density at radius 1 is 1.53 bits per heavy atom. The number of carbonyl (C=O) groups is 1. The second-order valence-corrected chi connectivity index (χ2v) is 5.41. The molecular formula is C14H13ClN2OS. The second kappa shape index (κ2) is 5.96. The normalized spacial score (nSPS) is 10.0. The molecule has 3 N–H and O–H groups in total. The Morgan fingerprint density at radius 2 is 2.32 bits per heavy atom. The zero-order valence-electron chi connectivity index (χ0n) is 10.4. The number of rotatable bonds is 3. The molecule has 0 bridgehead atoms. The minimum atomic E-state index is -0.160. The highest BCUT2D eigenvalue weighted by atomic mass is 35.5. The Bertz CT molecular complexity index is 682. The monoisotopic (exact) mass is 292 g/mol. The molecule has 1 heterocycles. The predicted octanol–water partition coefficient (Wildman–Crippen LogP) is 3.28. The first-order valence-electron chi connectivity index (χ1n) is 5.79. The van der Waals surface area contributed by atoms with Gasteiger partial charge in [-0.1, -0.05) is 11.6 Å². The van der Waals surface area contributed by atoms with Gasteiger partial charge in [-0.05, 0) is 25.1 Å². The highest BCUT2D eigenvalue weighted by Crippen LogP contribution is 2.35. The maximum atomic E-state index is 12.0. The van der Waals surface area contributed by atoms with Crippen LogP contribution in [-0.2, 0) is 0 Å². The molecule has 1 aromatic heterocycles. The molecule has 0 atom stereocenters. The Hall–Kier alpha value is -1.70. The number of nitrogens with one attached hydrogen (secondary N) is 1. The van der Waals surface area contributed by atoms with E-state index in [9.17, 15) is 4.79 Å². The molecule has 0 fully saturated rings. The summed E-state index contributed by atoms with van der Waals surface area (Å²) in [5.41, 5.74) is 6.51. The number of thiophene rings is 1. The van der Waals surface area contributed by atoms with E-state index in [0.717, 1.165) is 10.1 Å². The van der Waals surface area contributed by atoms with Gasteiger partial charge in [-0.25, -0.2) is 0 Å². The molecule has 5 heteroatoms. The zero-order valence-corrected chi connectivity index (χ0v) is 12.0. The molecule has 0 spiro atoms. The van der Waals surface area contributed by atoms with Gasteiger partial charge < -0.3 is 11.1 Å². The van der Waals surface area contributed by atoms with Crippen molar-refractivity contribution in [3.63, 3.8) is 0 Å². The largest absolute Gasteiger partial charge is 0.397 e. The third kappa shape index (κ3) is 3.01. The third-order valence-corrected chi connectivity index (χ3v) is 4.01. The number of amides is 1. The molecule has 0 radical (unpaired) electrons. The number of carbonyl (C=O) groups excluding carboxylic acids is 1. The number of anilines is 1. The molecule has 2 aromatic rings. The molecule has 0 aliphatic rings. The summed E-state index contributed by atoms with van der Waals surface area (Å²) in [5.74, 6) is 5.52. The Kier molecular flexibility index (Phi) is 4.31. The fourth-order valence-corrected chi connectivity index (χ4v) is 3.02. The van der Waals surface area contributed by atoms with E-state index < -0.39 is 0 Å². The molecule has 1 amide bonds. The van der Waals surface area contributed by atoms with E-state index in [2.05, 4.69) is 17.2 Å². The first kappa shape index (κ1) is 13.7. The quantitative estimate of drug-likeness (QED) is 0.674. The van der Waals surface area contributed by atoms with Crippen LogP contribution in [0.25, 0.3) is 10.1 Å². The molecular weight excluding hydrogens is 280 g/mol. The van der Waals surface area contributed by atoms with Gasteiger partial charge in [0.15, 0.2) is 0 Å². The van der Waals surface area contributed by atoms with Crippen molar-refractivity contribution in [3.05, 3.63) is 28.1 Å². The van der Waals surface area contributed by atoms with Crippen molar-refractivity contribution in [2.75, 3.05) is 12.3 Å². The number of hydrogen-bond acceptors (Lipinski definition) is 3. The first-order chi connectivity index (χ1) is 9.13. The summed E-state index contributed by atoms with van der Waals surface area (Å²) in [6.07, 6.45) is 0.638. The predicted molar refractivity (Wildman–Crippen MR) is 81.6 cm³/mol. The van der Waals surface area contributed by atoms with Crippen molar-refractivity contribution in [2.24, 2.45) is 0 Å². The van der Waals surface area contributed by atoms with Crippen molar-refractivity contribution in [3.8, 4) is 11.8 Å². The van der Waals surface area contributed by atoms with Gasteiger partial charge in [0.25, 0.3) is 5.91 Å². The lowest BCUT2D eigenvalue weighted by Crippen LogP contribution is -2.24. The number of fused-ring (bicyclic) bond motifs is 1. The number of nitrogens with two attached hydrogens (primary N) is 1. The van der Waals surface area contributed by atoms with Gasteiger partial charge in [0.05, 0.1) is 5.69 Å². The van der Waals surface area contributed by atoms with Gasteiger partial charge in [0.2, 0.25) is 0 Å². The maximum absolute atomic E-state index is 12.0. The summed E-state index contributed by atoms with van der Waals surface area (Å²) in [7, 11) is 0. The molecule has 0 aliphatic carbocycles. The molecule has 0 aliphatic heterocycles. The van der Waals surface area contributed by atoms with Crippen molar-refractivity contribution in [1.82, 2.24) is 5.32 Å². The second-order valence-electron chi connectivity index (χ2n) is 3.92. The molecule has 98 valence electrons. The Morgan fingerprint density at radius 3 is 3.05 bits per heavy atom. The number of benzene rings is 1. The van der Waals surface area contributed by atoms with Crippen molar-refractivity contribution < 1.29 is 4.79 Å². The number of hydrogen-bond donors (Lipinski definition) is 2. The van der Waals surface area contributed by atoms with Crippen LogP contribution in [0.1, 0.15) is 23.0 Å². The highest BCUT2D eigenvalue weighted by molar-refractivity contribution is 7.21. The van der Waals surface area contributed by atoms with Crippen molar-refractivity contribution in [1.29, 1.82) is 0 Å². The lowest BCUT2D eigenvalue weighted by Gasteiger charge is -2.01. The molecule has 1 aromatic carbocycles. The van der Waals surface area contributed by atoms with Crippen LogP contribution in [-0.4, -0.2) is 12.5 Å². The molecule has 0 saturated carbocycles. The minimum Gasteiger partial charge on any atom is -0.397 e. The first-order valence-corrected chi connectivity index (χ1v) is 6.98. The van der Waals surface area contributed by atoms with E-state index in [-0.39, 0.29) is 5.91 Å². The average Bonchev–Trinajstić information content (AvgIpc) is 2.71. The van der Waals surface area contributed by atoms with E-state index in [1.54, 1.807) is 13.0 Å². The SMILES string of the molecule is CC#CCCNC(=O)c1sc2cc(Cl)ccc2c1N. The fraction of sp³-hybridized carbons (Fsp3) is 0.214. The minimum absolute atomic E-state index is 0.160. The van der Waals surface area contributed by atoms with Gasteiger partial charge in [0.1, 0.15) is 4.88 Å². The van der Waals surface area contributed by atoms with Crippen molar-refractivity contribution >= 4 is 44.6 Å². The topological polar surface area (TPSA) is 55.1 Å². The Labute approximate surface area is 120 Å². The van der Waals surface area contributed by atoms with E-state index in [1.807, 2.05) is 12.1 Å². The zero-order chi connectivity index (χ0) is 13.8. The number of nitrogen functional groups attached to an aromatic ring is 1. The van der Waals surface area contributed by atoms with Gasteiger partial charge in [-0.2, -0.15) is 0 Å². The molecule has 0 unspecified atom stereocenters. The maximum Gasteiger partial charge on any atom is 0.263 e. The van der Waals surface area contributed by atoms with Crippen LogP contribution in [0.2, 0.25) is 5.02 Å². The summed E-state index contributed by atoms with van der Waals surface area (Å²) < 4.78 is 0.920. The van der Waals surface area contributed by atoms with Crippen LogP contribution in [0.3, 0.4) is 0 Å². The summed E-state index contributed by atoms with van der Waals surface area (Å²) >= 11 is 7.28. The van der Waals surface area contributed by atoms with Crippen LogP contribution in [0.15, 0.2) is 18.2 Å². The summed E-state index contributed by atoms with van der Waals surface area (Å²) in [6.45, 7) is 2.30. The van der Waals surface area contributed by atoms with Crippen LogP contribution in [0.4, 0.5) is 5.69 Å². The van der Waals surface area contributed by atoms with Crippen LogP contribution < -0.4 is 11.1 Å². The lowest BCUT2D eigenvalue weighted by atomic mass is 10.2. The van der Waals surface area contributed by atoms with E-state index in [0.29, 0.717) is 28.6 Å². The van der Waals surface area contributed by atoms with E-state index in [4.69, 9.17) is 17.3 Å². The number of halogens is 1. The van der Waals surface area contributed by atoms with Crippen LogP contribution >= 0.6 is 22.9 Å². The fourth-order valence-electron chi connectivity index (χ4n) is 1.70. The summed E-state index contributed by atoms with van der Waals surface area (Å²) in [4.78, 5) is 12.6. The van der Waals surface area contributed by atoms with E-state index >= 15 is 0 Å². The molecule has 19 heavy (non-hydrogen) atoms. The average molecular weight is 293 g/mol. The van der Waals surface area contributed by atoms with Crippen LogP contribution in [0, 0.1) is 11.8 Å². The van der Waals surface area contributed by atoms with Gasteiger partial charge in [0, 0.05) is 28.1 Å².